The van der Waals surface area contributed by atoms with Crippen molar-refractivity contribution < 1.29 is 14.7 Å². The molecule has 0 saturated carbocycles. The van der Waals surface area contributed by atoms with E-state index in [1.807, 2.05) is 24.3 Å². The lowest BCUT2D eigenvalue weighted by Crippen LogP contribution is -2.23. The summed E-state index contributed by atoms with van der Waals surface area (Å²) in [6, 6.07) is 7.25. The van der Waals surface area contributed by atoms with Crippen molar-refractivity contribution in [2.45, 2.75) is 26.2 Å². The van der Waals surface area contributed by atoms with Crippen molar-refractivity contribution in [2.75, 3.05) is 5.32 Å². The molecule has 1 aliphatic carbocycles. The average Bonchev–Trinajstić information content (AvgIpc) is 2.97. The van der Waals surface area contributed by atoms with Gasteiger partial charge in [-0.15, -0.1) is 0 Å². The monoisotopic (exact) mass is 325 g/mol. The smallest absolute Gasteiger partial charge is 0.339 e. The Hall–Kier alpha value is -2.89. The molecule has 1 heterocycles. The minimum atomic E-state index is -1.01. The largest absolute Gasteiger partial charge is 0.478 e. The summed E-state index contributed by atoms with van der Waals surface area (Å²) in [6.07, 6.45) is 8.05. The molecule has 6 nitrogen and oxygen atoms in total. The van der Waals surface area contributed by atoms with Gasteiger partial charge >= 0.3 is 5.97 Å². The number of anilines is 1. The number of carboxylic acids is 1. The van der Waals surface area contributed by atoms with E-state index in [2.05, 4.69) is 16.5 Å². The summed E-state index contributed by atoms with van der Waals surface area (Å²) < 4.78 is 1.56. The molecule has 0 bridgehead atoms. The highest BCUT2D eigenvalue weighted by molar-refractivity contribution is 5.93. The number of aromatic carboxylic acids is 1. The molecule has 0 saturated heterocycles. The van der Waals surface area contributed by atoms with Crippen LogP contribution in [0.2, 0.25) is 0 Å². The lowest BCUT2D eigenvalue weighted by atomic mass is 9.93. The van der Waals surface area contributed by atoms with Gasteiger partial charge in [0.1, 0.15) is 5.56 Å². The summed E-state index contributed by atoms with van der Waals surface area (Å²) in [6.45, 7) is 1.70. The van der Waals surface area contributed by atoms with Crippen LogP contribution >= 0.6 is 0 Å². The molecule has 2 N–H and O–H groups in total. The van der Waals surface area contributed by atoms with Crippen LogP contribution in [-0.2, 0) is 4.79 Å². The Bertz CT molecular complexity index is 808. The first-order chi connectivity index (χ1) is 11.6. The van der Waals surface area contributed by atoms with Crippen LogP contribution in [0.5, 0.6) is 0 Å². The van der Waals surface area contributed by atoms with E-state index in [-0.39, 0.29) is 17.4 Å². The van der Waals surface area contributed by atoms with Gasteiger partial charge in [-0.2, -0.15) is 5.10 Å². The van der Waals surface area contributed by atoms with E-state index in [0.29, 0.717) is 17.1 Å². The molecule has 1 unspecified atom stereocenters. The minimum Gasteiger partial charge on any atom is -0.478 e. The molecule has 1 aromatic heterocycles. The first-order valence-corrected chi connectivity index (χ1v) is 7.90. The second kappa shape index (κ2) is 6.70. The molecule has 0 radical (unpaired) electrons. The SMILES string of the molecule is Cc1c(C(=O)O)cnn1-c1cccc(NC(=O)C2CC=CCC2)c1. The van der Waals surface area contributed by atoms with E-state index in [4.69, 9.17) is 5.11 Å². The number of carbonyl (C=O) groups excluding carboxylic acids is 1. The standard InChI is InChI=1S/C18H19N3O3/c1-12-16(18(23)24)11-19-21(12)15-9-5-8-14(10-15)20-17(22)13-6-3-2-4-7-13/h2-3,5,8-11,13H,4,6-7H2,1H3,(H,20,22)(H,23,24). The number of allylic oxidation sites excluding steroid dienone is 2. The van der Waals surface area contributed by atoms with Crippen LogP contribution < -0.4 is 5.32 Å². The molecule has 1 atom stereocenters. The van der Waals surface area contributed by atoms with Gasteiger partial charge in [0.05, 0.1) is 17.6 Å². The number of carboxylic acid groups (broad SMARTS) is 1. The number of nitrogens with one attached hydrogen (secondary N) is 1. The fraction of sp³-hybridized carbons (Fsp3) is 0.278. The van der Waals surface area contributed by atoms with E-state index < -0.39 is 5.97 Å². The van der Waals surface area contributed by atoms with Crippen molar-refractivity contribution in [3.63, 3.8) is 0 Å². The Kier molecular flexibility index (Phi) is 4.46. The molecular formula is C18H19N3O3. The van der Waals surface area contributed by atoms with Crippen LogP contribution in [0, 0.1) is 12.8 Å². The summed E-state index contributed by atoms with van der Waals surface area (Å²) in [5.41, 5.74) is 2.10. The van der Waals surface area contributed by atoms with Crippen molar-refractivity contribution in [3.8, 4) is 5.69 Å². The topological polar surface area (TPSA) is 84.2 Å². The average molecular weight is 325 g/mol. The zero-order valence-corrected chi connectivity index (χ0v) is 13.4. The third-order valence-electron chi connectivity index (χ3n) is 4.24. The molecule has 3 rings (SSSR count). The first-order valence-electron chi connectivity index (χ1n) is 7.90. The molecular weight excluding hydrogens is 306 g/mol. The number of hydrogen-bond acceptors (Lipinski definition) is 3. The van der Waals surface area contributed by atoms with Gasteiger partial charge in [0.2, 0.25) is 5.91 Å². The van der Waals surface area contributed by atoms with Crippen molar-refractivity contribution in [2.24, 2.45) is 5.92 Å². The van der Waals surface area contributed by atoms with E-state index in [0.717, 1.165) is 19.3 Å². The lowest BCUT2D eigenvalue weighted by Gasteiger charge is -2.17. The molecule has 0 aliphatic heterocycles. The van der Waals surface area contributed by atoms with Crippen molar-refractivity contribution in [1.29, 1.82) is 0 Å². The molecule has 1 aliphatic rings. The van der Waals surface area contributed by atoms with Gasteiger partial charge in [0.15, 0.2) is 0 Å². The zero-order valence-electron chi connectivity index (χ0n) is 13.4. The number of carbonyl (C=O) groups is 2. The predicted octanol–water partition coefficient (Wildman–Crippen LogP) is 3.17. The Balaban J connectivity index is 1.80. The summed E-state index contributed by atoms with van der Waals surface area (Å²) >= 11 is 0. The Labute approximate surface area is 139 Å². The van der Waals surface area contributed by atoms with Crippen LogP contribution in [0.3, 0.4) is 0 Å². The highest BCUT2D eigenvalue weighted by Gasteiger charge is 2.19. The second-order valence-corrected chi connectivity index (χ2v) is 5.88. The fourth-order valence-corrected chi connectivity index (χ4v) is 2.87. The minimum absolute atomic E-state index is 0.00343. The van der Waals surface area contributed by atoms with Gasteiger partial charge in [-0.1, -0.05) is 18.2 Å². The van der Waals surface area contributed by atoms with Crippen LogP contribution in [0.1, 0.15) is 35.3 Å². The quantitative estimate of drug-likeness (QED) is 0.846. The van der Waals surface area contributed by atoms with Crippen molar-refractivity contribution >= 4 is 17.6 Å². The Morgan fingerprint density at radius 1 is 1.33 bits per heavy atom. The number of benzene rings is 1. The van der Waals surface area contributed by atoms with E-state index in [1.165, 1.54) is 6.20 Å². The number of hydrogen-bond donors (Lipinski definition) is 2. The maximum Gasteiger partial charge on any atom is 0.339 e. The third-order valence-corrected chi connectivity index (χ3v) is 4.24. The third kappa shape index (κ3) is 3.22. The van der Waals surface area contributed by atoms with Gasteiger partial charge < -0.3 is 10.4 Å². The Morgan fingerprint density at radius 2 is 2.17 bits per heavy atom. The molecule has 6 heteroatoms. The van der Waals surface area contributed by atoms with Crippen LogP contribution in [0.25, 0.3) is 5.69 Å². The van der Waals surface area contributed by atoms with Gasteiger partial charge in [-0.3, -0.25) is 4.79 Å². The summed E-state index contributed by atoms with van der Waals surface area (Å²) in [5, 5.41) is 16.2. The van der Waals surface area contributed by atoms with E-state index >= 15 is 0 Å². The van der Waals surface area contributed by atoms with Crippen molar-refractivity contribution in [1.82, 2.24) is 9.78 Å². The number of rotatable bonds is 4. The number of amides is 1. The summed E-state index contributed by atoms with van der Waals surface area (Å²) in [7, 11) is 0. The maximum atomic E-state index is 12.3. The van der Waals surface area contributed by atoms with Gasteiger partial charge in [0.25, 0.3) is 0 Å². The molecule has 0 fully saturated rings. The van der Waals surface area contributed by atoms with Crippen LogP contribution in [-0.4, -0.2) is 26.8 Å². The molecule has 1 aromatic carbocycles. The van der Waals surface area contributed by atoms with Crippen molar-refractivity contribution in [3.05, 3.63) is 53.9 Å². The number of nitrogens with zero attached hydrogens (tertiary/aromatic N) is 2. The number of aromatic nitrogens is 2. The zero-order chi connectivity index (χ0) is 17.1. The van der Waals surface area contributed by atoms with Gasteiger partial charge in [-0.25, -0.2) is 9.48 Å². The van der Waals surface area contributed by atoms with Crippen LogP contribution in [0.15, 0.2) is 42.6 Å². The van der Waals surface area contributed by atoms with Gasteiger partial charge in [-0.05, 0) is 44.4 Å². The van der Waals surface area contributed by atoms with Gasteiger partial charge in [0, 0.05) is 11.6 Å². The normalized spacial score (nSPS) is 16.8. The summed E-state index contributed by atoms with van der Waals surface area (Å²) in [5.74, 6) is -0.989. The second-order valence-electron chi connectivity index (χ2n) is 5.88. The molecule has 1 amide bonds. The summed E-state index contributed by atoms with van der Waals surface area (Å²) in [4.78, 5) is 23.5. The van der Waals surface area contributed by atoms with E-state index in [9.17, 15) is 9.59 Å². The first kappa shape index (κ1) is 16.0. The Morgan fingerprint density at radius 3 is 2.83 bits per heavy atom. The highest BCUT2D eigenvalue weighted by Crippen LogP contribution is 2.22. The fourth-order valence-electron chi connectivity index (χ4n) is 2.87. The lowest BCUT2D eigenvalue weighted by molar-refractivity contribution is -0.120. The molecule has 24 heavy (non-hydrogen) atoms. The maximum absolute atomic E-state index is 12.3. The molecule has 2 aromatic rings. The predicted molar refractivity (Wildman–Crippen MR) is 90.4 cm³/mol. The van der Waals surface area contributed by atoms with Crippen LogP contribution in [0.4, 0.5) is 5.69 Å². The van der Waals surface area contributed by atoms with E-state index in [1.54, 1.807) is 17.7 Å². The molecule has 0 spiro atoms. The molecule has 124 valence electrons. The highest BCUT2D eigenvalue weighted by atomic mass is 16.4.